The summed E-state index contributed by atoms with van der Waals surface area (Å²) in [5.74, 6) is 0. The fraction of sp³-hybridized carbons (Fsp3) is 0.714. The molecule has 0 aromatic carbocycles. The van der Waals surface area contributed by atoms with Gasteiger partial charge in [-0.2, -0.15) is 5.10 Å². The Morgan fingerprint density at radius 2 is 2.27 bits per heavy atom. The van der Waals surface area contributed by atoms with Gasteiger partial charge in [-0.05, 0) is 12.7 Å². The first-order valence-corrected chi connectivity index (χ1v) is 4.89. The molecule has 0 radical (unpaired) electrons. The third-order valence-electron chi connectivity index (χ3n) is 1.61. The van der Waals surface area contributed by atoms with Crippen LogP contribution in [0.5, 0.6) is 0 Å². The van der Waals surface area contributed by atoms with E-state index in [1.54, 1.807) is 11.8 Å². The average molecular weight is 171 g/mol. The van der Waals surface area contributed by atoms with Crippen LogP contribution in [0.3, 0.4) is 0 Å². The third-order valence-corrected chi connectivity index (χ3v) is 2.37. The van der Waals surface area contributed by atoms with Crippen LogP contribution < -0.4 is 0 Å². The molecule has 0 aromatic rings. The molecule has 4 heteroatoms. The Kier molecular flexibility index (Phi) is 2.93. The summed E-state index contributed by atoms with van der Waals surface area (Å²) in [6.07, 6.45) is 3.01. The Hall–Kier alpha value is -0.510. The van der Waals surface area contributed by atoms with E-state index >= 15 is 0 Å². The normalized spacial score (nSPS) is 17.9. The molecule has 0 aromatic heterocycles. The first-order chi connectivity index (χ1) is 5.27. The molecule has 0 atom stereocenters. The zero-order chi connectivity index (χ0) is 8.27. The maximum atomic E-state index is 4.09. The Morgan fingerprint density at radius 1 is 1.55 bits per heavy atom. The molecule has 0 saturated heterocycles. The molecule has 0 saturated carbocycles. The quantitative estimate of drug-likeness (QED) is 0.597. The van der Waals surface area contributed by atoms with Crippen LogP contribution in [0.2, 0.25) is 0 Å². The molecule has 3 nitrogen and oxygen atoms in total. The van der Waals surface area contributed by atoms with Crippen LogP contribution in [-0.4, -0.2) is 35.6 Å². The van der Waals surface area contributed by atoms with Crippen LogP contribution in [-0.2, 0) is 0 Å². The molecule has 1 aliphatic heterocycles. The van der Waals surface area contributed by atoms with Gasteiger partial charge in [-0.25, -0.2) is 0 Å². The molecule has 0 unspecified atom stereocenters. The monoisotopic (exact) mass is 171 g/mol. The van der Waals surface area contributed by atoms with Gasteiger partial charge in [0, 0.05) is 7.05 Å². The lowest BCUT2D eigenvalue weighted by atomic mass is 10.3. The summed E-state index contributed by atoms with van der Waals surface area (Å²) in [4.78, 5) is 2.12. The summed E-state index contributed by atoms with van der Waals surface area (Å²) in [7, 11) is 2.04. The predicted molar refractivity (Wildman–Crippen MR) is 51.3 cm³/mol. The maximum Gasteiger partial charge on any atom is 0.185 e. The van der Waals surface area contributed by atoms with E-state index < -0.39 is 0 Å². The van der Waals surface area contributed by atoms with Gasteiger partial charge in [0.25, 0.3) is 0 Å². The van der Waals surface area contributed by atoms with Gasteiger partial charge in [0.2, 0.25) is 0 Å². The number of rotatable bonds is 1. The predicted octanol–water partition coefficient (Wildman–Crippen LogP) is 1.42. The lowest BCUT2D eigenvalue weighted by Crippen LogP contribution is -2.32. The second-order valence-corrected chi connectivity index (χ2v) is 3.24. The van der Waals surface area contributed by atoms with E-state index in [9.17, 15) is 0 Å². The van der Waals surface area contributed by atoms with Crippen molar-refractivity contribution in [2.45, 2.75) is 13.3 Å². The molecule has 0 amide bonds. The molecular formula is C7H13N3S. The minimum atomic E-state index is 0.927. The number of hydrogen-bond acceptors (Lipinski definition) is 4. The van der Waals surface area contributed by atoms with Gasteiger partial charge in [-0.1, -0.05) is 18.7 Å². The maximum absolute atomic E-state index is 4.09. The molecule has 11 heavy (non-hydrogen) atoms. The lowest BCUT2D eigenvalue weighted by Gasteiger charge is -2.22. The van der Waals surface area contributed by atoms with Crippen molar-refractivity contribution in [3.05, 3.63) is 0 Å². The molecule has 1 rings (SSSR count). The topological polar surface area (TPSA) is 28.0 Å². The van der Waals surface area contributed by atoms with Crippen molar-refractivity contribution in [3.63, 3.8) is 0 Å². The van der Waals surface area contributed by atoms with E-state index in [1.807, 2.05) is 13.3 Å². The second kappa shape index (κ2) is 3.76. The summed E-state index contributed by atoms with van der Waals surface area (Å²) < 4.78 is 0. The van der Waals surface area contributed by atoms with E-state index in [4.69, 9.17) is 0 Å². The lowest BCUT2D eigenvalue weighted by molar-refractivity contribution is 0.575. The van der Waals surface area contributed by atoms with E-state index in [2.05, 4.69) is 22.0 Å². The number of thioether (sulfide) groups is 1. The van der Waals surface area contributed by atoms with Crippen molar-refractivity contribution in [1.82, 2.24) is 4.90 Å². The standard InChI is InChI=1S/C7H13N3S/c1-4-6-5-10(2)7(11-3)9-8-6/h4-5H2,1-3H3. The Labute approximate surface area is 71.6 Å². The first-order valence-electron chi connectivity index (χ1n) is 3.66. The van der Waals surface area contributed by atoms with Gasteiger partial charge in [0.1, 0.15) is 0 Å². The van der Waals surface area contributed by atoms with E-state index in [-0.39, 0.29) is 0 Å². The molecule has 0 aliphatic carbocycles. The van der Waals surface area contributed by atoms with Gasteiger partial charge in [0.15, 0.2) is 5.17 Å². The highest BCUT2D eigenvalue weighted by Gasteiger charge is 2.11. The van der Waals surface area contributed by atoms with Crippen LogP contribution >= 0.6 is 11.8 Å². The molecule has 62 valence electrons. The van der Waals surface area contributed by atoms with Crippen molar-refractivity contribution >= 4 is 22.6 Å². The fourth-order valence-corrected chi connectivity index (χ4v) is 1.44. The third kappa shape index (κ3) is 1.96. The second-order valence-electron chi connectivity index (χ2n) is 2.46. The van der Waals surface area contributed by atoms with Gasteiger partial charge in [-0.15, -0.1) is 5.10 Å². The summed E-state index contributed by atoms with van der Waals surface area (Å²) in [6, 6.07) is 0. The number of hydrogen-bond donors (Lipinski definition) is 0. The van der Waals surface area contributed by atoms with Crippen molar-refractivity contribution in [2.24, 2.45) is 10.2 Å². The SMILES string of the molecule is CCC1=NN=C(SC)N(C)C1. The van der Waals surface area contributed by atoms with Crippen LogP contribution in [0.1, 0.15) is 13.3 Å². The highest BCUT2D eigenvalue weighted by molar-refractivity contribution is 8.13. The summed E-state index contributed by atoms with van der Waals surface area (Å²) in [6.45, 7) is 3.03. The zero-order valence-corrected chi connectivity index (χ0v) is 7.98. The highest BCUT2D eigenvalue weighted by atomic mass is 32.2. The molecule has 0 N–H and O–H groups in total. The molecule has 0 spiro atoms. The van der Waals surface area contributed by atoms with Crippen molar-refractivity contribution in [1.29, 1.82) is 0 Å². The zero-order valence-electron chi connectivity index (χ0n) is 7.16. The van der Waals surface area contributed by atoms with Crippen LogP contribution in [0.4, 0.5) is 0 Å². The number of amidine groups is 1. The van der Waals surface area contributed by atoms with E-state index in [0.29, 0.717) is 0 Å². The molecule has 0 bridgehead atoms. The van der Waals surface area contributed by atoms with Crippen molar-refractivity contribution in [3.8, 4) is 0 Å². The highest BCUT2D eigenvalue weighted by Crippen LogP contribution is 2.08. The van der Waals surface area contributed by atoms with Gasteiger partial charge < -0.3 is 4.90 Å². The van der Waals surface area contributed by atoms with Gasteiger partial charge in [0.05, 0.1) is 12.3 Å². The Bertz CT molecular complexity index is 198. The van der Waals surface area contributed by atoms with Crippen LogP contribution in [0, 0.1) is 0 Å². The summed E-state index contributed by atoms with van der Waals surface area (Å²) in [5, 5.41) is 9.17. The minimum Gasteiger partial charge on any atom is -0.347 e. The van der Waals surface area contributed by atoms with Crippen molar-refractivity contribution in [2.75, 3.05) is 19.8 Å². The first kappa shape index (κ1) is 8.59. The van der Waals surface area contributed by atoms with Crippen molar-refractivity contribution < 1.29 is 0 Å². The smallest absolute Gasteiger partial charge is 0.185 e. The fourth-order valence-electron chi connectivity index (χ4n) is 0.942. The van der Waals surface area contributed by atoms with Crippen LogP contribution in [0.25, 0.3) is 0 Å². The van der Waals surface area contributed by atoms with Crippen LogP contribution in [0.15, 0.2) is 10.2 Å². The molecule has 1 heterocycles. The molecular weight excluding hydrogens is 158 g/mol. The van der Waals surface area contributed by atoms with E-state index in [1.165, 1.54) is 0 Å². The van der Waals surface area contributed by atoms with Gasteiger partial charge >= 0.3 is 0 Å². The molecule has 0 fully saturated rings. The average Bonchev–Trinajstić information content (AvgIpc) is 2.04. The Balaban J connectivity index is 2.69. The number of nitrogens with zero attached hydrogens (tertiary/aromatic N) is 3. The summed E-state index contributed by atoms with van der Waals surface area (Å²) in [5.41, 5.74) is 1.16. The van der Waals surface area contributed by atoms with E-state index in [0.717, 1.165) is 23.8 Å². The Morgan fingerprint density at radius 3 is 2.73 bits per heavy atom. The minimum absolute atomic E-state index is 0.927. The molecule has 1 aliphatic rings. The van der Waals surface area contributed by atoms with Gasteiger partial charge in [-0.3, -0.25) is 0 Å². The largest absolute Gasteiger partial charge is 0.347 e. The summed E-state index contributed by atoms with van der Waals surface area (Å²) >= 11 is 1.64.